The molecule has 1 aromatic carbocycles. The van der Waals surface area contributed by atoms with Gasteiger partial charge in [-0.1, -0.05) is 31.4 Å². The van der Waals surface area contributed by atoms with E-state index in [1.54, 1.807) is 0 Å². The van der Waals surface area contributed by atoms with Crippen molar-refractivity contribution in [1.82, 2.24) is 5.32 Å². The molecule has 1 heterocycles. The lowest BCUT2D eigenvalue weighted by molar-refractivity contribution is -0.0139. The van der Waals surface area contributed by atoms with Gasteiger partial charge >= 0.3 is 0 Å². The van der Waals surface area contributed by atoms with Crippen LogP contribution in [0.1, 0.15) is 50.6 Å². The van der Waals surface area contributed by atoms with Crippen molar-refractivity contribution in [2.45, 2.75) is 55.6 Å². The van der Waals surface area contributed by atoms with Crippen molar-refractivity contribution in [1.29, 1.82) is 0 Å². The van der Waals surface area contributed by atoms with Gasteiger partial charge in [0.05, 0.1) is 5.60 Å². The molecule has 1 aliphatic carbocycles. The molecule has 2 aliphatic rings. The first-order valence-corrected chi connectivity index (χ1v) is 9.30. The normalized spacial score (nSPS) is 32.7. The summed E-state index contributed by atoms with van der Waals surface area (Å²) in [4.78, 5) is 1.33. The predicted octanol–water partition coefficient (Wildman–Crippen LogP) is 4.41. The maximum absolute atomic E-state index is 10.8. The van der Waals surface area contributed by atoms with Gasteiger partial charge in [-0.15, -0.1) is 11.8 Å². The highest BCUT2D eigenvalue weighted by Gasteiger charge is 2.33. The largest absolute Gasteiger partial charge is 0.389 e. The highest BCUT2D eigenvalue weighted by Crippen LogP contribution is 2.38. The second-order valence-electron chi connectivity index (χ2n) is 6.68. The highest BCUT2D eigenvalue weighted by molar-refractivity contribution is 7.99. The topological polar surface area (TPSA) is 32.3 Å². The number of hydrogen-bond donors (Lipinski definition) is 2. The van der Waals surface area contributed by atoms with Crippen molar-refractivity contribution < 1.29 is 5.11 Å². The van der Waals surface area contributed by atoms with Crippen molar-refractivity contribution in [3.63, 3.8) is 0 Å². The standard InChI is InChI=1S/C17H24ClNOS/c1-12-3-2-7-17(20,10-12)11-19-15-6-8-21-16-5-4-13(18)9-14(15)16/h4-5,9,12,15,19-20H,2-3,6-8,10-11H2,1H3. The van der Waals surface area contributed by atoms with E-state index in [2.05, 4.69) is 24.4 Å². The molecule has 0 amide bonds. The summed E-state index contributed by atoms with van der Waals surface area (Å²) < 4.78 is 0. The molecule has 0 saturated heterocycles. The van der Waals surface area contributed by atoms with Crippen LogP contribution in [0.2, 0.25) is 5.02 Å². The summed E-state index contributed by atoms with van der Waals surface area (Å²) in [7, 11) is 0. The van der Waals surface area contributed by atoms with Crippen LogP contribution in [0, 0.1) is 5.92 Å². The van der Waals surface area contributed by atoms with Crippen LogP contribution in [0.25, 0.3) is 0 Å². The van der Waals surface area contributed by atoms with Crippen LogP contribution in [0.15, 0.2) is 23.1 Å². The average Bonchev–Trinajstić information content (AvgIpc) is 2.45. The Morgan fingerprint density at radius 2 is 2.29 bits per heavy atom. The van der Waals surface area contributed by atoms with E-state index in [0.717, 1.165) is 36.5 Å². The van der Waals surface area contributed by atoms with E-state index in [1.807, 2.05) is 17.8 Å². The molecule has 0 radical (unpaired) electrons. The third-order valence-electron chi connectivity index (χ3n) is 4.76. The lowest BCUT2D eigenvalue weighted by atomic mass is 9.79. The minimum absolute atomic E-state index is 0.321. The Kier molecular flexibility index (Phi) is 4.84. The molecular weight excluding hydrogens is 302 g/mol. The summed E-state index contributed by atoms with van der Waals surface area (Å²) in [6, 6.07) is 6.48. The zero-order valence-electron chi connectivity index (χ0n) is 12.6. The molecule has 1 saturated carbocycles. The lowest BCUT2D eigenvalue weighted by Crippen LogP contribution is -2.45. The molecule has 0 bridgehead atoms. The molecular formula is C17H24ClNOS. The summed E-state index contributed by atoms with van der Waals surface area (Å²) in [6.45, 7) is 2.94. The molecule has 116 valence electrons. The van der Waals surface area contributed by atoms with E-state index in [-0.39, 0.29) is 0 Å². The Balaban J connectivity index is 1.68. The van der Waals surface area contributed by atoms with E-state index in [0.29, 0.717) is 18.5 Å². The fourth-order valence-corrected chi connectivity index (χ4v) is 4.97. The van der Waals surface area contributed by atoms with Crippen molar-refractivity contribution in [3.05, 3.63) is 28.8 Å². The van der Waals surface area contributed by atoms with E-state index in [1.165, 1.54) is 16.9 Å². The smallest absolute Gasteiger partial charge is 0.0774 e. The fourth-order valence-electron chi connectivity index (χ4n) is 3.68. The van der Waals surface area contributed by atoms with E-state index in [9.17, 15) is 5.11 Å². The van der Waals surface area contributed by atoms with Gasteiger partial charge in [-0.25, -0.2) is 0 Å². The third kappa shape index (κ3) is 3.76. The molecule has 21 heavy (non-hydrogen) atoms. The number of nitrogens with one attached hydrogen (secondary N) is 1. The summed E-state index contributed by atoms with van der Waals surface area (Å²) in [6.07, 6.45) is 5.34. The van der Waals surface area contributed by atoms with Crippen LogP contribution in [-0.4, -0.2) is 23.0 Å². The molecule has 1 fully saturated rings. The number of hydrogen-bond acceptors (Lipinski definition) is 3. The van der Waals surface area contributed by atoms with Gasteiger partial charge in [-0.2, -0.15) is 0 Å². The van der Waals surface area contributed by atoms with Crippen LogP contribution in [0.5, 0.6) is 0 Å². The molecule has 3 unspecified atom stereocenters. The van der Waals surface area contributed by atoms with E-state index < -0.39 is 5.60 Å². The summed E-state index contributed by atoms with van der Waals surface area (Å²) in [5, 5.41) is 15.2. The maximum Gasteiger partial charge on any atom is 0.0774 e. The molecule has 0 aromatic heterocycles. The number of fused-ring (bicyclic) bond motifs is 1. The Bertz CT molecular complexity index is 510. The number of thioether (sulfide) groups is 1. The zero-order valence-corrected chi connectivity index (χ0v) is 14.1. The van der Waals surface area contributed by atoms with E-state index in [4.69, 9.17) is 11.6 Å². The SMILES string of the molecule is CC1CCCC(O)(CNC2CCSc3ccc(Cl)cc32)C1. The van der Waals surface area contributed by atoms with Crippen molar-refractivity contribution in [2.24, 2.45) is 5.92 Å². The van der Waals surface area contributed by atoms with Gasteiger partial charge in [-0.3, -0.25) is 0 Å². The summed E-state index contributed by atoms with van der Waals surface area (Å²) >= 11 is 8.05. The Hall–Kier alpha value is -0.220. The van der Waals surface area contributed by atoms with Crippen molar-refractivity contribution >= 4 is 23.4 Å². The monoisotopic (exact) mass is 325 g/mol. The molecule has 3 rings (SSSR count). The Morgan fingerprint density at radius 1 is 1.43 bits per heavy atom. The zero-order chi connectivity index (χ0) is 14.9. The van der Waals surface area contributed by atoms with Gasteiger partial charge in [0.25, 0.3) is 0 Å². The first-order chi connectivity index (χ1) is 10.1. The van der Waals surface area contributed by atoms with Crippen LogP contribution in [-0.2, 0) is 0 Å². The summed E-state index contributed by atoms with van der Waals surface area (Å²) in [5.74, 6) is 1.76. The highest BCUT2D eigenvalue weighted by atomic mass is 35.5. The van der Waals surface area contributed by atoms with Crippen LogP contribution in [0.3, 0.4) is 0 Å². The minimum atomic E-state index is -0.527. The second-order valence-corrected chi connectivity index (χ2v) is 8.25. The molecule has 2 nitrogen and oxygen atoms in total. The Labute approximate surface area is 136 Å². The lowest BCUT2D eigenvalue weighted by Gasteiger charge is -2.37. The molecule has 3 atom stereocenters. The van der Waals surface area contributed by atoms with E-state index >= 15 is 0 Å². The minimum Gasteiger partial charge on any atom is -0.389 e. The number of rotatable bonds is 3. The van der Waals surface area contributed by atoms with Crippen molar-refractivity contribution in [2.75, 3.05) is 12.3 Å². The van der Waals surface area contributed by atoms with Gasteiger partial charge in [0.1, 0.15) is 0 Å². The van der Waals surface area contributed by atoms with Gasteiger partial charge < -0.3 is 10.4 Å². The molecule has 0 spiro atoms. The maximum atomic E-state index is 10.8. The Morgan fingerprint density at radius 3 is 3.10 bits per heavy atom. The molecule has 1 aromatic rings. The number of benzene rings is 1. The summed E-state index contributed by atoms with van der Waals surface area (Å²) in [5.41, 5.74) is 0.771. The fraction of sp³-hybridized carbons (Fsp3) is 0.647. The van der Waals surface area contributed by atoms with Crippen LogP contribution >= 0.6 is 23.4 Å². The van der Waals surface area contributed by atoms with Crippen LogP contribution < -0.4 is 5.32 Å². The third-order valence-corrected chi connectivity index (χ3v) is 6.11. The first kappa shape index (κ1) is 15.7. The number of aliphatic hydroxyl groups is 1. The van der Waals surface area contributed by atoms with Gasteiger partial charge in [-0.05, 0) is 54.7 Å². The second kappa shape index (κ2) is 6.49. The van der Waals surface area contributed by atoms with Crippen LogP contribution in [0.4, 0.5) is 0 Å². The average molecular weight is 326 g/mol. The first-order valence-electron chi connectivity index (χ1n) is 7.94. The molecule has 1 aliphatic heterocycles. The molecule has 4 heteroatoms. The van der Waals surface area contributed by atoms with Crippen molar-refractivity contribution in [3.8, 4) is 0 Å². The van der Waals surface area contributed by atoms with Gasteiger partial charge in [0.15, 0.2) is 0 Å². The quantitative estimate of drug-likeness (QED) is 0.863. The molecule has 2 N–H and O–H groups in total. The van der Waals surface area contributed by atoms with Gasteiger partial charge in [0, 0.05) is 22.5 Å². The van der Waals surface area contributed by atoms with Gasteiger partial charge in [0.2, 0.25) is 0 Å². The number of halogens is 1. The predicted molar refractivity (Wildman–Crippen MR) is 90.1 cm³/mol.